The summed E-state index contributed by atoms with van der Waals surface area (Å²) in [4.78, 5) is 43.3. The van der Waals surface area contributed by atoms with Crippen LogP contribution in [0, 0.1) is 11.3 Å². The van der Waals surface area contributed by atoms with Gasteiger partial charge in [-0.25, -0.2) is 9.78 Å². The number of rotatable bonds is 6. The Labute approximate surface area is 196 Å². The van der Waals surface area contributed by atoms with Crippen molar-refractivity contribution in [1.82, 2.24) is 4.98 Å². The van der Waals surface area contributed by atoms with Crippen LogP contribution in [0.25, 0.3) is 0 Å². The SMILES string of the molecule is CC(C)(C)OC(=O)Nc1cc(N2CCC2)c(Cl)cc1NC(=O)CC(=O)c1ccnc(C#N)c1. The van der Waals surface area contributed by atoms with Gasteiger partial charge in [-0.2, -0.15) is 5.26 Å². The normalized spacial score (nSPS) is 12.9. The Balaban J connectivity index is 1.80. The Morgan fingerprint density at radius 2 is 1.88 bits per heavy atom. The zero-order valence-electron chi connectivity index (χ0n) is 18.6. The van der Waals surface area contributed by atoms with Crippen LogP contribution in [0.3, 0.4) is 0 Å². The van der Waals surface area contributed by atoms with E-state index in [1.165, 1.54) is 24.4 Å². The molecule has 0 bridgehead atoms. The number of ether oxygens (including phenoxy) is 1. The van der Waals surface area contributed by atoms with Gasteiger partial charge in [0.15, 0.2) is 5.78 Å². The Bertz CT molecular complexity index is 1130. The molecule has 0 atom stereocenters. The second kappa shape index (κ2) is 9.88. The summed E-state index contributed by atoms with van der Waals surface area (Å²) in [6.45, 7) is 6.89. The molecule has 9 nitrogen and oxygen atoms in total. The van der Waals surface area contributed by atoms with Gasteiger partial charge in [0.1, 0.15) is 17.4 Å². The lowest BCUT2D eigenvalue weighted by molar-refractivity contribution is -0.115. The highest BCUT2D eigenvalue weighted by Crippen LogP contribution is 2.37. The third kappa shape index (κ3) is 6.43. The summed E-state index contributed by atoms with van der Waals surface area (Å²) in [6.07, 6.45) is 1.22. The van der Waals surface area contributed by atoms with E-state index >= 15 is 0 Å². The number of amides is 2. The first-order chi connectivity index (χ1) is 15.6. The standard InChI is InChI=1S/C23H24ClN5O4/c1-23(2,3)33-22(32)28-18-11-19(29-7-4-8-29)16(24)10-17(18)27-21(31)12-20(30)14-5-6-26-15(9-14)13-25/h5-6,9-11H,4,7-8,12H2,1-3H3,(H,27,31)(H,28,32). The Morgan fingerprint density at radius 3 is 2.48 bits per heavy atom. The molecule has 2 aromatic rings. The van der Waals surface area contributed by atoms with Crippen LogP contribution in [-0.4, -0.2) is 41.5 Å². The van der Waals surface area contributed by atoms with Gasteiger partial charge in [0.2, 0.25) is 5.91 Å². The van der Waals surface area contributed by atoms with Gasteiger partial charge in [-0.1, -0.05) is 11.6 Å². The molecular weight excluding hydrogens is 446 g/mol. The van der Waals surface area contributed by atoms with Gasteiger partial charge in [-0.15, -0.1) is 0 Å². The third-order valence-electron chi connectivity index (χ3n) is 4.71. The van der Waals surface area contributed by atoms with E-state index in [-0.39, 0.29) is 16.9 Å². The third-order valence-corrected chi connectivity index (χ3v) is 5.01. The van der Waals surface area contributed by atoms with Gasteiger partial charge in [-0.3, -0.25) is 14.9 Å². The van der Waals surface area contributed by atoms with Crippen molar-refractivity contribution in [2.24, 2.45) is 0 Å². The zero-order chi connectivity index (χ0) is 24.2. The number of carbonyl (C=O) groups excluding carboxylic acids is 3. The molecule has 1 aliphatic heterocycles. The van der Waals surface area contributed by atoms with E-state index in [4.69, 9.17) is 21.6 Å². The molecule has 172 valence electrons. The molecule has 10 heteroatoms. The number of hydrogen-bond acceptors (Lipinski definition) is 7. The number of carbonyl (C=O) groups is 3. The molecule has 3 rings (SSSR count). The predicted octanol–water partition coefficient (Wildman–Crippen LogP) is 4.38. The van der Waals surface area contributed by atoms with Gasteiger partial charge in [0.05, 0.1) is 28.5 Å². The molecule has 0 spiro atoms. The summed E-state index contributed by atoms with van der Waals surface area (Å²) in [7, 11) is 0. The fourth-order valence-electron chi connectivity index (χ4n) is 3.09. The number of nitrogens with zero attached hydrogens (tertiary/aromatic N) is 3. The number of halogens is 1. The highest BCUT2D eigenvalue weighted by atomic mass is 35.5. The number of hydrogen-bond donors (Lipinski definition) is 2. The van der Waals surface area contributed by atoms with Crippen LogP contribution in [0.2, 0.25) is 5.02 Å². The minimum Gasteiger partial charge on any atom is -0.444 e. The van der Waals surface area contributed by atoms with Crippen molar-refractivity contribution < 1.29 is 19.1 Å². The number of aromatic nitrogens is 1. The zero-order valence-corrected chi connectivity index (χ0v) is 19.3. The molecule has 2 N–H and O–H groups in total. The first-order valence-electron chi connectivity index (χ1n) is 10.3. The average Bonchev–Trinajstić information content (AvgIpc) is 2.68. The summed E-state index contributed by atoms with van der Waals surface area (Å²) in [6, 6.07) is 7.81. The minimum absolute atomic E-state index is 0.0819. The number of ketones is 1. The van der Waals surface area contributed by atoms with E-state index in [0.29, 0.717) is 10.7 Å². The summed E-state index contributed by atoms with van der Waals surface area (Å²) in [5, 5.41) is 14.6. The van der Waals surface area contributed by atoms with Gasteiger partial charge >= 0.3 is 6.09 Å². The maximum atomic E-state index is 12.6. The largest absolute Gasteiger partial charge is 0.444 e. The molecule has 0 radical (unpaired) electrons. The van der Waals surface area contributed by atoms with E-state index in [1.807, 2.05) is 11.0 Å². The number of benzene rings is 1. The second-order valence-electron chi connectivity index (χ2n) is 8.51. The number of nitrogens with one attached hydrogen (secondary N) is 2. The number of pyridine rings is 1. The van der Waals surface area contributed by atoms with Crippen LogP contribution in [-0.2, 0) is 9.53 Å². The Morgan fingerprint density at radius 1 is 1.18 bits per heavy atom. The molecule has 2 amide bonds. The topological polar surface area (TPSA) is 124 Å². The van der Waals surface area contributed by atoms with E-state index in [2.05, 4.69) is 15.6 Å². The number of nitriles is 1. The van der Waals surface area contributed by atoms with Gasteiger partial charge in [-0.05, 0) is 51.5 Å². The van der Waals surface area contributed by atoms with Crippen molar-refractivity contribution in [1.29, 1.82) is 5.26 Å². The molecule has 33 heavy (non-hydrogen) atoms. The maximum Gasteiger partial charge on any atom is 0.412 e. The van der Waals surface area contributed by atoms with Crippen molar-refractivity contribution in [3.05, 3.63) is 46.7 Å². The molecule has 1 aliphatic rings. The van der Waals surface area contributed by atoms with Crippen LogP contribution >= 0.6 is 11.6 Å². The maximum absolute atomic E-state index is 12.6. The molecule has 0 unspecified atom stereocenters. The molecule has 1 fully saturated rings. The minimum atomic E-state index is -0.709. The van der Waals surface area contributed by atoms with Crippen molar-refractivity contribution in [3.8, 4) is 6.07 Å². The Kier molecular flexibility index (Phi) is 7.19. The smallest absolute Gasteiger partial charge is 0.412 e. The summed E-state index contributed by atoms with van der Waals surface area (Å²) in [5.41, 5.74) is 0.837. The van der Waals surface area contributed by atoms with E-state index in [1.54, 1.807) is 26.8 Å². The van der Waals surface area contributed by atoms with Gasteiger partial charge in [0, 0.05) is 24.8 Å². The van der Waals surface area contributed by atoms with Crippen molar-refractivity contribution in [2.45, 2.75) is 39.2 Å². The van der Waals surface area contributed by atoms with Crippen LogP contribution in [0.5, 0.6) is 0 Å². The van der Waals surface area contributed by atoms with Gasteiger partial charge < -0.3 is 15.0 Å². The van der Waals surface area contributed by atoms with Crippen LogP contribution in [0.15, 0.2) is 30.5 Å². The molecule has 1 aromatic carbocycles. The Hall–Kier alpha value is -3.64. The molecular formula is C23H24ClN5O4. The molecule has 1 saturated heterocycles. The lowest BCUT2D eigenvalue weighted by Gasteiger charge is -2.34. The van der Waals surface area contributed by atoms with E-state index in [0.717, 1.165) is 25.2 Å². The lowest BCUT2D eigenvalue weighted by atomic mass is 10.1. The molecule has 0 saturated carbocycles. The number of anilines is 3. The second-order valence-corrected chi connectivity index (χ2v) is 8.91. The molecule has 2 heterocycles. The van der Waals surface area contributed by atoms with E-state index in [9.17, 15) is 14.4 Å². The summed E-state index contributed by atoms with van der Waals surface area (Å²) < 4.78 is 5.32. The summed E-state index contributed by atoms with van der Waals surface area (Å²) >= 11 is 6.43. The van der Waals surface area contributed by atoms with Crippen molar-refractivity contribution in [2.75, 3.05) is 28.6 Å². The first-order valence-corrected chi connectivity index (χ1v) is 10.7. The highest BCUT2D eigenvalue weighted by Gasteiger charge is 2.23. The van der Waals surface area contributed by atoms with Crippen molar-refractivity contribution >= 4 is 46.4 Å². The summed E-state index contributed by atoms with van der Waals surface area (Å²) in [5.74, 6) is -1.08. The van der Waals surface area contributed by atoms with Crippen molar-refractivity contribution in [3.63, 3.8) is 0 Å². The monoisotopic (exact) mass is 469 g/mol. The first kappa shape index (κ1) is 24.0. The number of Topliss-reactive ketones (excluding diaryl/α,β-unsaturated/α-hetero) is 1. The molecule has 1 aromatic heterocycles. The lowest BCUT2D eigenvalue weighted by Crippen LogP contribution is -2.37. The average molecular weight is 470 g/mol. The fraction of sp³-hybridized carbons (Fsp3) is 0.348. The highest BCUT2D eigenvalue weighted by molar-refractivity contribution is 6.34. The fourth-order valence-corrected chi connectivity index (χ4v) is 3.37. The van der Waals surface area contributed by atoms with Crippen LogP contribution in [0.4, 0.5) is 21.9 Å². The van der Waals surface area contributed by atoms with E-state index < -0.39 is 29.8 Å². The van der Waals surface area contributed by atoms with Gasteiger partial charge in [0.25, 0.3) is 0 Å². The van der Waals surface area contributed by atoms with Crippen LogP contribution in [0.1, 0.15) is 49.7 Å². The quantitative estimate of drug-likeness (QED) is 0.475. The molecule has 0 aliphatic carbocycles. The van der Waals surface area contributed by atoms with Crippen LogP contribution < -0.4 is 15.5 Å². The predicted molar refractivity (Wildman–Crippen MR) is 125 cm³/mol.